The summed E-state index contributed by atoms with van der Waals surface area (Å²) in [6, 6.07) is 20.2. The summed E-state index contributed by atoms with van der Waals surface area (Å²) in [6.45, 7) is 2.17. The summed E-state index contributed by atoms with van der Waals surface area (Å²) in [5, 5.41) is 12.7. The first-order chi connectivity index (χ1) is 15.4. The number of benzene rings is 3. The van der Waals surface area contributed by atoms with Gasteiger partial charge < -0.3 is 14.8 Å². The summed E-state index contributed by atoms with van der Waals surface area (Å²) < 4.78 is 12.3. The van der Waals surface area contributed by atoms with Crippen molar-refractivity contribution in [3.05, 3.63) is 92.4 Å². The Hall–Kier alpha value is -3.27. The van der Waals surface area contributed by atoms with Crippen LogP contribution in [0.1, 0.15) is 16.7 Å². The fourth-order valence-corrected chi connectivity index (χ4v) is 3.46. The van der Waals surface area contributed by atoms with Crippen molar-refractivity contribution in [2.45, 2.75) is 13.5 Å². The quantitative estimate of drug-likeness (QED) is 0.289. The smallest absolute Gasteiger partial charge is 0.266 e. The highest BCUT2D eigenvalue weighted by molar-refractivity contribution is 9.10. The van der Waals surface area contributed by atoms with Crippen LogP contribution in [0.15, 0.2) is 70.7 Å². The first kappa shape index (κ1) is 23.4. The van der Waals surface area contributed by atoms with E-state index in [1.165, 1.54) is 6.08 Å². The number of carbonyl (C=O) groups is 1. The maximum atomic E-state index is 12.7. The van der Waals surface area contributed by atoms with Gasteiger partial charge >= 0.3 is 0 Å². The number of halogens is 2. The number of amides is 1. The van der Waals surface area contributed by atoms with Gasteiger partial charge in [0, 0.05) is 4.47 Å². The number of nitrogens with zero attached hydrogens (tertiary/aromatic N) is 1. The number of methoxy groups -OCH3 is 1. The Morgan fingerprint density at radius 2 is 1.91 bits per heavy atom. The van der Waals surface area contributed by atoms with Gasteiger partial charge in [-0.1, -0.05) is 57.9 Å². The number of aryl methyl sites for hydroxylation is 1. The fourth-order valence-electron chi connectivity index (χ4n) is 2.92. The van der Waals surface area contributed by atoms with Crippen LogP contribution in [-0.4, -0.2) is 13.0 Å². The molecule has 3 rings (SSSR count). The number of anilines is 1. The van der Waals surface area contributed by atoms with Crippen molar-refractivity contribution in [1.29, 1.82) is 5.26 Å². The van der Waals surface area contributed by atoms with E-state index in [0.717, 1.165) is 15.6 Å². The highest BCUT2D eigenvalue weighted by Crippen LogP contribution is 2.30. The third-order valence-corrected chi connectivity index (χ3v) is 5.48. The Morgan fingerprint density at radius 3 is 2.56 bits per heavy atom. The number of hydrogen-bond donors (Lipinski definition) is 1. The highest BCUT2D eigenvalue weighted by Gasteiger charge is 2.14. The Labute approximate surface area is 200 Å². The Kier molecular flexibility index (Phi) is 7.93. The van der Waals surface area contributed by atoms with Crippen LogP contribution in [0.2, 0.25) is 5.02 Å². The minimum Gasteiger partial charge on any atom is -0.493 e. The van der Waals surface area contributed by atoms with Gasteiger partial charge in [-0.05, 0) is 60.0 Å². The average molecular weight is 512 g/mol. The second-order valence-electron chi connectivity index (χ2n) is 6.88. The minimum atomic E-state index is -0.545. The standard InChI is InChI=1S/C25H20BrClN2O3/c1-16-4-3-5-21(27)24(16)29-25(30)19(14-28)12-18-8-11-22(31-2)23(13-18)32-15-17-6-9-20(26)10-7-17/h3-13H,15H2,1-2H3,(H,29,30)/b19-12+. The van der Waals surface area contributed by atoms with Gasteiger partial charge in [-0.3, -0.25) is 4.79 Å². The van der Waals surface area contributed by atoms with E-state index in [2.05, 4.69) is 21.2 Å². The number of nitriles is 1. The van der Waals surface area contributed by atoms with E-state index >= 15 is 0 Å². The van der Waals surface area contributed by atoms with Gasteiger partial charge in [0.05, 0.1) is 17.8 Å². The van der Waals surface area contributed by atoms with E-state index in [-0.39, 0.29) is 5.57 Å². The Morgan fingerprint density at radius 1 is 1.16 bits per heavy atom. The normalized spacial score (nSPS) is 10.9. The third-order valence-electron chi connectivity index (χ3n) is 4.63. The summed E-state index contributed by atoms with van der Waals surface area (Å²) in [5.41, 5.74) is 2.83. The number of ether oxygens (including phenoxy) is 2. The molecule has 0 radical (unpaired) electrons. The molecule has 0 aromatic heterocycles. The molecule has 1 N–H and O–H groups in total. The Bertz CT molecular complexity index is 1180. The average Bonchev–Trinajstić information content (AvgIpc) is 2.79. The molecule has 1 amide bonds. The number of para-hydroxylation sites is 1. The lowest BCUT2D eigenvalue weighted by Gasteiger charge is -2.12. The molecule has 7 heteroatoms. The maximum Gasteiger partial charge on any atom is 0.266 e. The monoisotopic (exact) mass is 510 g/mol. The van der Waals surface area contributed by atoms with Gasteiger partial charge in [-0.15, -0.1) is 0 Å². The predicted molar refractivity (Wildman–Crippen MR) is 130 cm³/mol. The molecular weight excluding hydrogens is 492 g/mol. The van der Waals surface area contributed by atoms with Gasteiger partial charge in [0.15, 0.2) is 11.5 Å². The first-order valence-corrected chi connectivity index (χ1v) is 10.8. The SMILES string of the molecule is COc1ccc(/C=C(\C#N)C(=O)Nc2c(C)cccc2Cl)cc1OCc1ccc(Br)cc1. The van der Waals surface area contributed by atoms with Crippen LogP contribution in [0, 0.1) is 18.3 Å². The van der Waals surface area contributed by atoms with Crippen molar-refractivity contribution in [2.24, 2.45) is 0 Å². The topological polar surface area (TPSA) is 71.3 Å². The summed E-state index contributed by atoms with van der Waals surface area (Å²) in [6.07, 6.45) is 1.49. The molecule has 3 aromatic carbocycles. The van der Waals surface area contributed by atoms with E-state index in [1.807, 2.05) is 43.3 Å². The second kappa shape index (κ2) is 10.9. The summed E-state index contributed by atoms with van der Waals surface area (Å²) in [7, 11) is 1.55. The molecule has 162 valence electrons. The molecule has 0 heterocycles. The maximum absolute atomic E-state index is 12.7. The van der Waals surface area contributed by atoms with Crippen LogP contribution < -0.4 is 14.8 Å². The molecule has 0 saturated carbocycles. The molecule has 0 bridgehead atoms. The minimum absolute atomic E-state index is 0.0617. The lowest BCUT2D eigenvalue weighted by Crippen LogP contribution is -2.14. The van der Waals surface area contributed by atoms with Crippen LogP contribution in [0.4, 0.5) is 5.69 Å². The van der Waals surface area contributed by atoms with Crippen molar-refractivity contribution in [2.75, 3.05) is 12.4 Å². The third kappa shape index (κ3) is 5.91. The lowest BCUT2D eigenvalue weighted by atomic mass is 10.1. The van der Waals surface area contributed by atoms with Gasteiger partial charge in [-0.2, -0.15) is 5.26 Å². The molecule has 0 aliphatic heterocycles. The van der Waals surface area contributed by atoms with Crippen molar-refractivity contribution in [1.82, 2.24) is 0 Å². The van der Waals surface area contributed by atoms with Crippen molar-refractivity contribution >= 4 is 45.2 Å². The van der Waals surface area contributed by atoms with Crippen LogP contribution >= 0.6 is 27.5 Å². The summed E-state index contributed by atoms with van der Waals surface area (Å²) in [5.74, 6) is 0.509. The molecule has 0 aliphatic rings. The van der Waals surface area contributed by atoms with E-state index in [1.54, 1.807) is 37.4 Å². The fraction of sp³-hybridized carbons (Fsp3) is 0.120. The number of hydrogen-bond acceptors (Lipinski definition) is 4. The molecule has 3 aromatic rings. The number of rotatable bonds is 7. The first-order valence-electron chi connectivity index (χ1n) is 9.65. The predicted octanol–water partition coefficient (Wildman–Crippen LogP) is 6.54. The molecule has 0 fully saturated rings. The van der Waals surface area contributed by atoms with E-state index < -0.39 is 5.91 Å². The van der Waals surface area contributed by atoms with Gasteiger partial charge in [0.1, 0.15) is 18.2 Å². The van der Waals surface area contributed by atoms with Crippen LogP contribution in [0.3, 0.4) is 0 Å². The molecule has 5 nitrogen and oxygen atoms in total. The van der Waals surface area contributed by atoms with Gasteiger partial charge in [0.25, 0.3) is 5.91 Å². The number of nitrogens with one attached hydrogen (secondary N) is 1. The van der Waals surface area contributed by atoms with Crippen LogP contribution in [-0.2, 0) is 11.4 Å². The van der Waals surface area contributed by atoms with Gasteiger partial charge in [-0.25, -0.2) is 0 Å². The summed E-state index contributed by atoms with van der Waals surface area (Å²) in [4.78, 5) is 12.7. The zero-order valence-corrected chi connectivity index (χ0v) is 19.8. The zero-order chi connectivity index (χ0) is 23.1. The molecule has 0 spiro atoms. The van der Waals surface area contributed by atoms with Crippen molar-refractivity contribution in [3.8, 4) is 17.6 Å². The molecular formula is C25H20BrClN2O3. The van der Waals surface area contributed by atoms with E-state index in [9.17, 15) is 10.1 Å². The van der Waals surface area contributed by atoms with Crippen LogP contribution in [0.5, 0.6) is 11.5 Å². The van der Waals surface area contributed by atoms with E-state index in [0.29, 0.717) is 34.4 Å². The van der Waals surface area contributed by atoms with E-state index in [4.69, 9.17) is 21.1 Å². The zero-order valence-electron chi connectivity index (χ0n) is 17.5. The highest BCUT2D eigenvalue weighted by atomic mass is 79.9. The van der Waals surface area contributed by atoms with Crippen LogP contribution in [0.25, 0.3) is 6.08 Å². The molecule has 32 heavy (non-hydrogen) atoms. The second-order valence-corrected chi connectivity index (χ2v) is 8.20. The summed E-state index contributed by atoms with van der Waals surface area (Å²) >= 11 is 9.59. The molecule has 0 saturated heterocycles. The lowest BCUT2D eigenvalue weighted by molar-refractivity contribution is -0.112. The van der Waals surface area contributed by atoms with Crippen molar-refractivity contribution < 1.29 is 14.3 Å². The van der Waals surface area contributed by atoms with Gasteiger partial charge in [0.2, 0.25) is 0 Å². The molecule has 0 atom stereocenters. The number of carbonyl (C=O) groups excluding carboxylic acids is 1. The largest absolute Gasteiger partial charge is 0.493 e. The molecule has 0 aliphatic carbocycles. The van der Waals surface area contributed by atoms with Crippen molar-refractivity contribution in [3.63, 3.8) is 0 Å². The Balaban J connectivity index is 1.82. The molecule has 0 unspecified atom stereocenters.